The van der Waals surface area contributed by atoms with E-state index in [1.165, 1.54) is 0 Å². The molecule has 0 bridgehead atoms. The minimum absolute atomic E-state index is 0.656. The smallest absolute Gasteiger partial charge is 0.143 e. The first-order valence-electron chi connectivity index (χ1n) is 4.98. The zero-order chi connectivity index (χ0) is 10.7. The maximum Gasteiger partial charge on any atom is 0.143 e. The van der Waals surface area contributed by atoms with E-state index in [0.29, 0.717) is 11.6 Å². The molecular formula is C11H17N3. The molecule has 0 spiro atoms. The molecule has 0 N–H and O–H groups in total. The average molecular weight is 191 g/mol. The fraction of sp³-hybridized carbons (Fsp3) is 0.636. The zero-order valence-corrected chi connectivity index (χ0v) is 9.33. The van der Waals surface area contributed by atoms with Crippen molar-refractivity contribution in [1.82, 2.24) is 9.55 Å². The Hall–Kier alpha value is -1.30. The van der Waals surface area contributed by atoms with Crippen LogP contribution < -0.4 is 0 Å². The van der Waals surface area contributed by atoms with Gasteiger partial charge in [-0.05, 0) is 25.7 Å². The lowest BCUT2D eigenvalue weighted by Crippen LogP contribution is -1.97. The van der Waals surface area contributed by atoms with Crippen LogP contribution in [0.2, 0.25) is 0 Å². The van der Waals surface area contributed by atoms with Crippen molar-refractivity contribution in [3.8, 4) is 6.07 Å². The number of rotatable bonds is 3. The topological polar surface area (TPSA) is 41.6 Å². The summed E-state index contributed by atoms with van der Waals surface area (Å²) in [5.41, 5.74) is 1.66. The Balaban J connectivity index is 2.87. The van der Waals surface area contributed by atoms with E-state index >= 15 is 0 Å². The molecular weight excluding hydrogens is 174 g/mol. The Morgan fingerprint density at radius 3 is 2.64 bits per heavy atom. The van der Waals surface area contributed by atoms with Gasteiger partial charge in [0.15, 0.2) is 0 Å². The third kappa shape index (κ3) is 2.14. The fourth-order valence-corrected chi connectivity index (χ4v) is 1.42. The molecule has 0 atom stereocenters. The van der Waals surface area contributed by atoms with Gasteiger partial charge >= 0.3 is 0 Å². The van der Waals surface area contributed by atoms with Crippen molar-refractivity contribution in [3.05, 3.63) is 17.2 Å². The molecule has 76 valence electrons. The second kappa shape index (κ2) is 4.28. The van der Waals surface area contributed by atoms with Gasteiger partial charge in [0.25, 0.3) is 0 Å². The first-order chi connectivity index (χ1) is 6.56. The van der Waals surface area contributed by atoms with Crippen molar-refractivity contribution in [3.63, 3.8) is 0 Å². The van der Waals surface area contributed by atoms with Crippen LogP contribution in [0.4, 0.5) is 0 Å². The van der Waals surface area contributed by atoms with E-state index in [4.69, 9.17) is 5.26 Å². The van der Waals surface area contributed by atoms with Crippen molar-refractivity contribution in [2.75, 3.05) is 0 Å². The third-order valence-corrected chi connectivity index (χ3v) is 2.46. The molecule has 0 radical (unpaired) electrons. The molecule has 0 aromatic carbocycles. The van der Waals surface area contributed by atoms with Gasteiger partial charge < -0.3 is 4.57 Å². The van der Waals surface area contributed by atoms with Crippen molar-refractivity contribution < 1.29 is 0 Å². The molecule has 1 aromatic rings. The molecule has 0 aliphatic rings. The van der Waals surface area contributed by atoms with E-state index in [1.807, 2.05) is 18.5 Å². The zero-order valence-electron chi connectivity index (χ0n) is 9.33. The van der Waals surface area contributed by atoms with Crippen molar-refractivity contribution in [2.24, 2.45) is 13.0 Å². The summed E-state index contributed by atoms with van der Waals surface area (Å²) in [6.45, 7) is 6.30. The normalized spacial score (nSPS) is 10.6. The number of hydrogen-bond donors (Lipinski definition) is 0. The molecule has 0 aliphatic carbocycles. The van der Waals surface area contributed by atoms with Gasteiger partial charge in [0.1, 0.15) is 17.6 Å². The predicted molar refractivity (Wildman–Crippen MR) is 55.8 cm³/mol. The highest BCUT2D eigenvalue weighted by Crippen LogP contribution is 2.13. The first kappa shape index (κ1) is 10.8. The maximum atomic E-state index is 8.97. The minimum Gasteiger partial charge on any atom is -0.323 e. The lowest BCUT2D eigenvalue weighted by molar-refractivity contribution is 0.581. The number of aryl methyl sites for hydroxylation is 2. The quantitative estimate of drug-likeness (QED) is 0.735. The van der Waals surface area contributed by atoms with Gasteiger partial charge in [-0.25, -0.2) is 4.98 Å². The molecule has 0 amide bonds. The van der Waals surface area contributed by atoms with Crippen molar-refractivity contribution >= 4 is 0 Å². The molecule has 3 nitrogen and oxygen atoms in total. The molecule has 14 heavy (non-hydrogen) atoms. The molecule has 0 saturated heterocycles. The SMILES string of the molecule is Cc1nc(CCC(C)C)c(C#N)n1C. The highest BCUT2D eigenvalue weighted by Gasteiger charge is 2.11. The summed E-state index contributed by atoms with van der Waals surface area (Å²) in [7, 11) is 1.89. The standard InChI is InChI=1S/C11H17N3/c1-8(2)5-6-10-11(7-12)14(4)9(3)13-10/h8H,5-6H2,1-4H3. The van der Waals surface area contributed by atoms with Crippen LogP contribution in [-0.2, 0) is 13.5 Å². The molecule has 0 aliphatic heterocycles. The van der Waals surface area contributed by atoms with Crippen LogP contribution in [0.3, 0.4) is 0 Å². The summed E-state index contributed by atoms with van der Waals surface area (Å²) in [6, 6.07) is 2.21. The summed E-state index contributed by atoms with van der Waals surface area (Å²) in [5, 5.41) is 8.97. The monoisotopic (exact) mass is 191 g/mol. The Morgan fingerprint density at radius 1 is 1.50 bits per heavy atom. The molecule has 1 rings (SSSR count). The van der Waals surface area contributed by atoms with E-state index in [9.17, 15) is 0 Å². The number of nitriles is 1. The van der Waals surface area contributed by atoms with Gasteiger partial charge in [0, 0.05) is 7.05 Å². The van der Waals surface area contributed by atoms with Crippen LogP contribution in [0, 0.1) is 24.2 Å². The highest BCUT2D eigenvalue weighted by atomic mass is 15.1. The van der Waals surface area contributed by atoms with E-state index in [2.05, 4.69) is 24.9 Å². The molecule has 1 aromatic heterocycles. The van der Waals surface area contributed by atoms with Crippen LogP contribution in [0.15, 0.2) is 0 Å². The second-order valence-corrected chi connectivity index (χ2v) is 4.06. The van der Waals surface area contributed by atoms with Crippen LogP contribution in [-0.4, -0.2) is 9.55 Å². The van der Waals surface area contributed by atoms with E-state index < -0.39 is 0 Å². The van der Waals surface area contributed by atoms with Crippen LogP contribution in [0.5, 0.6) is 0 Å². The predicted octanol–water partition coefficient (Wildman–Crippen LogP) is 2.19. The summed E-state index contributed by atoms with van der Waals surface area (Å²) >= 11 is 0. The lowest BCUT2D eigenvalue weighted by atomic mass is 10.1. The number of aromatic nitrogens is 2. The van der Waals surface area contributed by atoms with Gasteiger partial charge in [-0.15, -0.1) is 0 Å². The van der Waals surface area contributed by atoms with Crippen LogP contribution >= 0.6 is 0 Å². The molecule has 3 heteroatoms. The summed E-state index contributed by atoms with van der Waals surface area (Å²) < 4.78 is 1.86. The fourth-order valence-electron chi connectivity index (χ4n) is 1.42. The third-order valence-electron chi connectivity index (χ3n) is 2.46. The molecule has 0 saturated carbocycles. The molecule has 0 unspecified atom stereocenters. The van der Waals surface area contributed by atoms with E-state index in [1.54, 1.807) is 0 Å². The van der Waals surface area contributed by atoms with Crippen molar-refractivity contribution in [1.29, 1.82) is 5.26 Å². The maximum absolute atomic E-state index is 8.97. The van der Waals surface area contributed by atoms with E-state index in [-0.39, 0.29) is 0 Å². The Morgan fingerprint density at radius 2 is 2.14 bits per heavy atom. The summed E-state index contributed by atoms with van der Waals surface area (Å²) in [6.07, 6.45) is 1.99. The molecule has 0 fully saturated rings. The lowest BCUT2D eigenvalue weighted by Gasteiger charge is -2.01. The van der Waals surface area contributed by atoms with Gasteiger partial charge in [0.05, 0.1) is 5.69 Å². The van der Waals surface area contributed by atoms with Gasteiger partial charge in [-0.1, -0.05) is 13.8 Å². The number of nitrogens with zero attached hydrogens (tertiary/aromatic N) is 3. The van der Waals surface area contributed by atoms with Gasteiger partial charge in [-0.2, -0.15) is 5.26 Å². The largest absolute Gasteiger partial charge is 0.323 e. The number of hydrogen-bond acceptors (Lipinski definition) is 2. The Labute approximate surface area is 85.4 Å². The van der Waals surface area contributed by atoms with Crippen LogP contribution in [0.1, 0.15) is 37.5 Å². The Kier molecular flexibility index (Phi) is 3.29. The average Bonchev–Trinajstić information content (AvgIpc) is 2.39. The Bertz CT molecular complexity index is 355. The number of imidazole rings is 1. The van der Waals surface area contributed by atoms with Crippen molar-refractivity contribution in [2.45, 2.75) is 33.6 Å². The van der Waals surface area contributed by atoms with E-state index in [0.717, 1.165) is 24.4 Å². The second-order valence-electron chi connectivity index (χ2n) is 4.06. The first-order valence-corrected chi connectivity index (χ1v) is 4.98. The van der Waals surface area contributed by atoms with Gasteiger partial charge in [0.2, 0.25) is 0 Å². The highest BCUT2D eigenvalue weighted by molar-refractivity contribution is 5.29. The summed E-state index contributed by atoms with van der Waals surface area (Å²) in [4.78, 5) is 4.39. The molecule has 1 heterocycles. The minimum atomic E-state index is 0.656. The van der Waals surface area contributed by atoms with Gasteiger partial charge in [-0.3, -0.25) is 0 Å². The van der Waals surface area contributed by atoms with Crippen LogP contribution in [0.25, 0.3) is 0 Å². The summed E-state index contributed by atoms with van der Waals surface area (Å²) in [5.74, 6) is 1.57.